The van der Waals surface area contributed by atoms with E-state index in [0.717, 1.165) is 39.1 Å². The molecule has 2 saturated heterocycles. The van der Waals surface area contributed by atoms with Gasteiger partial charge in [0.15, 0.2) is 0 Å². The molecule has 1 N–H and O–H groups in total. The van der Waals surface area contributed by atoms with Crippen LogP contribution in [-0.4, -0.2) is 54.6 Å². The van der Waals surface area contributed by atoms with E-state index >= 15 is 0 Å². The zero-order valence-corrected chi connectivity index (χ0v) is 11.3. The van der Waals surface area contributed by atoms with Crippen molar-refractivity contribution in [1.29, 1.82) is 0 Å². The fourth-order valence-corrected chi connectivity index (χ4v) is 2.98. The number of carbonyl (C=O) groups excluding carboxylic acids is 1. The van der Waals surface area contributed by atoms with Crippen LogP contribution in [0.3, 0.4) is 0 Å². The number of hydrogen-bond acceptors (Lipinski definition) is 3. The largest absolute Gasteiger partial charge is 0.325 e. The van der Waals surface area contributed by atoms with E-state index in [0.29, 0.717) is 12.1 Å². The van der Waals surface area contributed by atoms with Gasteiger partial charge >= 0.3 is 0 Å². The molecule has 0 spiro atoms. The monoisotopic (exact) mass is 239 g/mol. The van der Waals surface area contributed by atoms with Crippen LogP contribution < -0.4 is 5.32 Å². The van der Waals surface area contributed by atoms with Crippen molar-refractivity contribution in [2.75, 3.05) is 32.7 Å². The van der Waals surface area contributed by atoms with Crippen molar-refractivity contribution in [1.82, 2.24) is 15.1 Å². The summed E-state index contributed by atoms with van der Waals surface area (Å²) in [4.78, 5) is 17.1. The number of rotatable bonds is 2. The molecule has 0 aromatic heterocycles. The molecule has 2 aliphatic rings. The van der Waals surface area contributed by atoms with Gasteiger partial charge in [0.2, 0.25) is 5.91 Å². The Morgan fingerprint density at radius 2 is 2.18 bits per heavy atom. The standard InChI is InChI=1S/C13H25N3O/c1-4-15-8-5-6-11(15)16-9-7-14-10-13(2,3)12(16)17/h11,14H,4-10H2,1-3H3. The number of amides is 1. The Morgan fingerprint density at radius 1 is 1.41 bits per heavy atom. The average Bonchev–Trinajstić information content (AvgIpc) is 2.71. The maximum Gasteiger partial charge on any atom is 0.230 e. The number of nitrogens with zero attached hydrogens (tertiary/aromatic N) is 2. The molecule has 1 atom stereocenters. The first-order valence-electron chi connectivity index (χ1n) is 6.82. The quantitative estimate of drug-likeness (QED) is 0.777. The smallest absolute Gasteiger partial charge is 0.230 e. The highest BCUT2D eigenvalue weighted by molar-refractivity contribution is 5.82. The van der Waals surface area contributed by atoms with Gasteiger partial charge in [0.05, 0.1) is 11.6 Å². The highest BCUT2D eigenvalue weighted by atomic mass is 16.2. The second kappa shape index (κ2) is 4.94. The lowest BCUT2D eigenvalue weighted by Gasteiger charge is -2.37. The van der Waals surface area contributed by atoms with E-state index in [-0.39, 0.29) is 5.41 Å². The first kappa shape index (κ1) is 12.8. The van der Waals surface area contributed by atoms with Crippen molar-refractivity contribution in [2.45, 2.75) is 39.8 Å². The normalized spacial score (nSPS) is 30.6. The van der Waals surface area contributed by atoms with Crippen LogP contribution >= 0.6 is 0 Å². The van der Waals surface area contributed by atoms with Crippen molar-refractivity contribution >= 4 is 5.91 Å². The minimum atomic E-state index is -0.265. The van der Waals surface area contributed by atoms with Crippen LogP contribution in [0, 0.1) is 5.41 Å². The Morgan fingerprint density at radius 3 is 2.88 bits per heavy atom. The van der Waals surface area contributed by atoms with Crippen LogP contribution in [0.2, 0.25) is 0 Å². The van der Waals surface area contributed by atoms with Crippen LogP contribution in [0.1, 0.15) is 33.6 Å². The zero-order chi connectivity index (χ0) is 12.5. The highest BCUT2D eigenvalue weighted by Gasteiger charge is 2.39. The summed E-state index contributed by atoms with van der Waals surface area (Å²) in [5.41, 5.74) is -0.265. The second-order valence-corrected chi connectivity index (χ2v) is 5.81. The van der Waals surface area contributed by atoms with Gasteiger partial charge in [-0.3, -0.25) is 9.69 Å². The molecule has 2 aliphatic heterocycles. The van der Waals surface area contributed by atoms with Gasteiger partial charge in [-0.15, -0.1) is 0 Å². The van der Waals surface area contributed by atoms with Gasteiger partial charge in [-0.1, -0.05) is 6.92 Å². The Kier molecular flexibility index (Phi) is 3.73. The Bertz CT molecular complexity index is 290. The zero-order valence-electron chi connectivity index (χ0n) is 11.3. The molecular weight excluding hydrogens is 214 g/mol. The molecule has 98 valence electrons. The summed E-state index contributed by atoms with van der Waals surface area (Å²) in [6, 6.07) is 0. The molecular formula is C13H25N3O. The highest BCUT2D eigenvalue weighted by Crippen LogP contribution is 2.27. The van der Waals surface area contributed by atoms with E-state index in [4.69, 9.17) is 0 Å². The molecule has 0 aliphatic carbocycles. The van der Waals surface area contributed by atoms with Gasteiger partial charge in [0, 0.05) is 26.2 Å². The molecule has 4 nitrogen and oxygen atoms in total. The Hall–Kier alpha value is -0.610. The topological polar surface area (TPSA) is 35.6 Å². The van der Waals surface area contributed by atoms with E-state index in [9.17, 15) is 4.79 Å². The molecule has 1 amide bonds. The number of nitrogens with one attached hydrogen (secondary N) is 1. The maximum absolute atomic E-state index is 12.6. The fourth-order valence-electron chi connectivity index (χ4n) is 2.98. The molecule has 0 radical (unpaired) electrons. The van der Waals surface area contributed by atoms with E-state index in [1.54, 1.807) is 0 Å². The second-order valence-electron chi connectivity index (χ2n) is 5.81. The van der Waals surface area contributed by atoms with Gasteiger partial charge in [-0.05, 0) is 33.2 Å². The molecule has 4 heteroatoms. The molecule has 1 unspecified atom stereocenters. The number of carbonyl (C=O) groups is 1. The summed E-state index contributed by atoms with van der Waals surface area (Å²) in [5, 5.41) is 3.37. The van der Waals surface area contributed by atoms with Crippen molar-refractivity contribution < 1.29 is 4.79 Å². The lowest BCUT2D eigenvalue weighted by atomic mass is 9.91. The molecule has 2 fully saturated rings. The summed E-state index contributed by atoms with van der Waals surface area (Å²) in [6.45, 7) is 11.0. The third-order valence-corrected chi connectivity index (χ3v) is 4.03. The number of hydrogen-bond donors (Lipinski definition) is 1. The first-order valence-corrected chi connectivity index (χ1v) is 6.82. The molecule has 2 heterocycles. The average molecular weight is 239 g/mol. The number of likely N-dealkylation sites (tertiary alicyclic amines) is 1. The van der Waals surface area contributed by atoms with E-state index in [2.05, 4.69) is 22.0 Å². The third kappa shape index (κ3) is 2.47. The minimum absolute atomic E-state index is 0.265. The van der Waals surface area contributed by atoms with Crippen LogP contribution in [0.4, 0.5) is 0 Å². The van der Waals surface area contributed by atoms with E-state index < -0.39 is 0 Å². The fraction of sp³-hybridized carbons (Fsp3) is 0.923. The third-order valence-electron chi connectivity index (χ3n) is 4.03. The van der Waals surface area contributed by atoms with E-state index in [1.165, 1.54) is 6.42 Å². The van der Waals surface area contributed by atoms with E-state index in [1.807, 2.05) is 13.8 Å². The van der Waals surface area contributed by atoms with Crippen LogP contribution in [-0.2, 0) is 4.79 Å². The van der Waals surface area contributed by atoms with Crippen molar-refractivity contribution in [2.24, 2.45) is 5.41 Å². The SMILES string of the molecule is CCN1CCCC1N1CCNCC(C)(C)C1=O. The predicted octanol–water partition coefficient (Wildman–Crippen LogP) is 0.886. The molecule has 0 aromatic rings. The lowest BCUT2D eigenvalue weighted by Crippen LogP contribution is -2.52. The molecule has 0 saturated carbocycles. The van der Waals surface area contributed by atoms with Gasteiger partial charge in [0.1, 0.15) is 0 Å². The summed E-state index contributed by atoms with van der Waals surface area (Å²) in [5.74, 6) is 0.313. The molecule has 0 bridgehead atoms. The molecule has 0 aromatic carbocycles. The predicted molar refractivity (Wildman–Crippen MR) is 68.6 cm³/mol. The summed E-state index contributed by atoms with van der Waals surface area (Å²) in [6.07, 6.45) is 2.69. The molecule has 2 rings (SSSR count). The maximum atomic E-state index is 12.6. The summed E-state index contributed by atoms with van der Waals surface area (Å²) >= 11 is 0. The van der Waals surface area contributed by atoms with Gasteiger partial charge < -0.3 is 10.2 Å². The Labute approximate surface area is 104 Å². The van der Waals surface area contributed by atoms with Gasteiger partial charge in [0.25, 0.3) is 0 Å². The van der Waals surface area contributed by atoms with Crippen LogP contribution in [0.5, 0.6) is 0 Å². The van der Waals surface area contributed by atoms with Crippen molar-refractivity contribution in [3.8, 4) is 0 Å². The van der Waals surface area contributed by atoms with Crippen LogP contribution in [0.15, 0.2) is 0 Å². The van der Waals surface area contributed by atoms with Crippen molar-refractivity contribution in [3.63, 3.8) is 0 Å². The summed E-state index contributed by atoms with van der Waals surface area (Å²) in [7, 11) is 0. The Balaban J connectivity index is 2.15. The van der Waals surface area contributed by atoms with Crippen LogP contribution in [0.25, 0.3) is 0 Å². The minimum Gasteiger partial charge on any atom is -0.325 e. The lowest BCUT2D eigenvalue weighted by molar-refractivity contribution is -0.144. The summed E-state index contributed by atoms with van der Waals surface area (Å²) < 4.78 is 0. The van der Waals surface area contributed by atoms with Gasteiger partial charge in [-0.2, -0.15) is 0 Å². The van der Waals surface area contributed by atoms with Crippen molar-refractivity contribution in [3.05, 3.63) is 0 Å². The van der Waals surface area contributed by atoms with Gasteiger partial charge in [-0.25, -0.2) is 0 Å². The first-order chi connectivity index (χ1) is 8.06. The molecule has 17 heavy (non-hydrogen) atoms.